The molecule has 2 atom stereocenters. The molecule has 0 saturated carbocycles. The van der Waals surface area contributed by atoms with Gasteiger partial charge in [-0.2, -0.15) is 0 Å². The Kier molecular flexibility index (Phi) is 13.0. The van der Waals surface area contributed by atoms with E-state index < -0.39 is 0 Å². The number of nitrogens with zero attached hydrogens (tertiary/aromatic N) is 2. The summed E-state index contributed by atoms with van der Waals surface area (Å²) in [6, 6.07) is 47.6. The molecular formula is C70H76N2O4. The van der Waals surface area contributed by atoms with Crippen LogP contribution in [0.2, 0.25) is 0 Å². The molecular weight excluding hydrogens is 933 g/mol. The molecule has 0 aliphatic rings. The highest BCUT2D eigenvalue weighted by atomic mass is 16.5. The van der Waals surface area contributed by atoms with Gasteiger partial charge in [-0.1, -0.05) is 115 Å². The van der Waals surface area contributed by atoms with E-state index in [1.54, 1.807) is 0 Å². The average Bonchev–Trinajstić information content (AvgIpc) is 3.84. The van der Waals surface area contributed by atoms with Crippen LogP contribution >= 0.6 is 0 Å². The van der Waals surface area contributed by atoms with Crippen molar-refractivity contribution < 1.29 is 19.7 Å². The van der Waals surface area contributed by atoms with Crippen molar-refractivity contribution >= 4 is 43.6 Å². The lowest BCUT2D eigenvalue weighted by Crippen LogP contribution is -2.23. The molecule has 10 aromatic rings. The maximum absolute atomic E-state index is 12.7. The molecule has 6 nitrogen and oxygen atoms in total. The lowest BCUT2D eigenvalue weighted by molar-refractivity contribution is 0.131. The van der Waals surface area contributed by atoms with Gasteiger partial charge in [0.2, 0.25) is 0 Å². The molecule has 2 N–H and O–H groups in total. The standard InChI is InChI=1S/C70H76N2O4/c1-40-17-23-58-50(29-40)51-37-47(68(8,9)10)20-24-59(51)71(58)62-34-43(4)32-56(66(62)73)54-30-41(2)18-27-64(54)75-45(6)36-46(7)76-65-28-19-42(3)31-55(65)57-33-44(5)35-63(67(57)74)72-60-25-21-48(69(11,12)13)38-52(60)53-39-49(70(14,15)16)22-26-61(53)72/h17-35,37-39,45-46,73-74H,36H2,1-16H3/t45-,46+/m0/s1. The number of hydrogen-bond donors (Lipinski definition) is 2. The van der Waals surface area contributed by atoms with Crippen molar-refractivity contribution in [3.63, 3.8) is 0 Å². The first-order valence-electron chi connectivity index (χ1n) is 27.1. The maximum atomic E-state index is 12.7. The lowest BCUT2D eigenvalue weighted by atomic mass is 9.85. The van der Waals surface area contributed by atoms with Gasteiger partial charge in [0.25, 0.3) is 0 Å². The molecule has 6 heteroatoms. The van der Waals surface area contributed by atoms with Crippen LogP contribution in [0.4, 0.5) is 0 Å². The van der Waals surface area contributed by atoms with Gasteiger partial charge in [0, 0.05) is 50.2 Å². The third kappa shape index (κ3) is 9.61. The smallest absolute Gasteiger partial charge is 0.147 e. The minimum atomic E-state index is -0.264. The normalized spacial score (nSPS) is 13.3. The Morgan fingerprint density at radius 2 is 0.671 bits per heavy atom. The van der Waals surface area contributed by atoms with E-state index in [9.17, 15) is 10.2 Å². The van der Waals surface area contributed by atoms with Crippen LogP contribution in [0, 0.1) is 34.6 Å². The molecule has 0 aliphatic carbocycles. The van der Waals surface area contributed by atoms with Crippen LogP contribution in [0.15, 0.2) is 133 Å². The van der Waals surface area contributed by atoms with E-state index in [1.807, 2.05) is 12.1 Å². The van der Waals surface area contributed by atoms with Crippen molar-refractivity contribution in [2.45, 2.75) is 146 Å². The van der Waals surface area contributed by atoms with Gasteiger partial charge in [0.1, 0.15) is 23.0 Å². The second-order valence-electron chi connectivity index (χ2n) is 25.1. The topological polar surface area (TPSA) is 68.8 Å². The summed E-state index contributed by atoms with van der Waals surface area (Å²) in [5, 5.41) is 29.9. The summed E-state index contributed by atoms with van der Waals surface area (Å²) in [4.78, 5) is 0. The molecule has 0 amide bonds. The Morgan fingerprint density at radius 1 is 0.368 bits per heavy atom. The first-order valence-corrected chi connectivity index (χ1v) is 27.1. The van der Waals surface area contributed by atoms with Crippen LogP contribution in [0.25, 0.3) is 77.2 Å². The highest BCUT2D eigenvalue weighted by Gasteiger charge is 2.27. The number of phenols is 2. The van der Waals surface area contributed by atoms with E-state index >= 15 is 0 Å². The van der Waals surface area contributed by atoms with Crippen LogP contribution in [-0.4, -0.2) is 31.6 Å². The van der Waals surface area contributed by atoms with Crippen LogP contribution < -0.4 is 9.47 Å². The molecule has 0 spiro atoms. The summed E-state index contributed by atoms with van der Waals surface area (Å²) in [7, 11) is 0. The fourth-order valence-electron chi connectivity index (χ4n) is 11.3. The largest absolute Gasteiger partial charge is 0.505 e. The zero-order valence-electron chi connectivity index (χ0n) is 47.7. The molecule has 2 heterocycles. The van der Waals surface area contributed by atoms with E-state index in [0.29, 0.717) is 29.0 Å². The summed E-state index contributed by atoms with van der Waals surface area (Å²) in [6.07, 6.45) is 0.0452. The summed E-state index contributed by atoms with van der Waals surface area (Å²) in [6.45, 7) is 34.9. The number of aromatic hydroxyl groups is 2. The molecule has 2 aromatic heterocycles. The molecule has 0 saturated heterocycles. The Bertz CT molecular complexity index is 3850. The molecule has 390 valence electrons. The molecule has 8 aromatic carbocycles. The summed E-state index contributed by atoms with van der Waals surface area (Å²) in [5.74, 6) is 1.77. The molecule has 76 heavy (non-hydrogen) atoms. The number of ether oxygens (including phenoxy) is 2. The third-order valence-corrected chi connectivity index (χ3v) is 15.4. The van der Waals surface area contributed by atoms with E-state index in [4.69, 9.17) is 9.47 Å². The van der Waals surface area contributed by atoms with Gasteiger partial charge in [-0.15, -0.1) is 0 Å². The minimum Gasteiger partial charge on any atom is -0.505 e. The number of benzene rings is 8. The second-order valence-corrected chi connectivity index (χ2v) is 25.1. The van der Waals surface area contributed by atoms with Gasteiger partial charge in [0.15, 0.2) is 0 Å². The number of aromatic nitrogens is 2. The molecule has 0 unspecified atom stereocenters. The first kappa shape index (κ1) is 52.0. The Morgan fingerprint density at radius 3 is 1.03 bits per heavy atom. The molecule has 10 rings (SSSR count). The number of aryl methyl sites for hydroxylation is 5. The van der Waals surface area contributed by atoms with Crippen LogP contribution in [0.1, 0.15) is 127 Å². The number of phenolic OH excluding ortho intramolecular Hbond substituents is 2. The SMILES string of the molecule is Cc1ccc(O[C@H](C)C[C@H](C)Oc2ccc(C)cc2-c2cc(C)cc(-n3c4ccc(C)cc4c4cc(C(C)(C)C)ccc43)c2O)c(-c2cc(C)cc(-n3c4ccc(C(C)(C)C)cc4c4cc(C(C)(C)C)ccc43)c2O)c1. The van der Waals surface area contributed by atoms with Crippen molar-refractivity contribution in [3.8, 4) is 56.6 Å². The van der Waals surface area contributed by atoms with Crippen molar-refractivity contribution in [1.29, 1.82) is 0 Å². The summed E-state index contributed by atoms with van der Waals surface area (Å²) in [5.41, 5.74) is 17.8. The van der Waals surface area contributed by atoms with Crippen molar-refractivity contribution in [3.05, 3.63) is 178 Å². The van der Waals surface area contributed by atoms with Crippen molar-refractivity contribution in [1.82, 2.24) is 9.13 Å². The average molecular weight is 1010 g/mol. The number of hydrogen-bond acceptors (Lipinski definition) is 4. The van der Waals surface area contributed by atoms with Crippen LogP contribution in [-0.2, 0) is 16.2 Å². The van der Waals surface area contributed by atoms with Gasteiger partial charge in [0.05, 0.1) is 45.6 Å². The Labute approximate surface area is 450 Å². The lowest BCUT2D eigenvalue weighted by Gasteiger charge is -2.24. The molecule has 0 bridgehead atoms. The summed E-state index contributed by atoms with van der Waals surface area (Å²) < 4.78 is 18.3. The van der Waals surface area contributed by atoms with E-state index in [0.717, 1.165) is 72.2 Å². The van der Waals surface area contributed by atoms with E-state index in [1.165, 1.54) is 38.4 Å². The van der Waals surface area contributed by atoms with Crippen LogP contribution in [0.5, 0.6) is 23.0 Å². The van der Waals surface area contributed by atoms with Crippen molar-refractivity contribution in [2.24, 2.45) is 0 Å². The monoisotopic (exact) mass is 1010 g/mol. The third-order valence-electron chi connectivity index (χ3n) is 15.4. The Hall–Kier alpha value is -7.44. The van der Waals surface area contributed by atoms with Gasteiger partial charge in [-0.05, 0) is 190 Å². The maximum Gasteiger partial charge on any atom is 0.147 e. The fourth-order valence-corrected chi connectivity index (χ4v) is 11.3. The summed E-state index contributed by atoms with van der Waals surface area (Å²) >= 11 is 0. The predicted octanol–water partition coefficient (Wildman–Crippen LogP) is 18.7. The molecule has 0 fully saturated rings. The zero-order valence-corrected chi connectivity index (χ0v) is 47.7. The molecule has 0 radical (unpaired) electrons. The zero-order chi connectivity index (χ0) is 54.5. The minimum absolute atomic E-state index is 0.0155. The fraction of sp³-hybridized carbons (Fsp3) is 0.314. The molecule has 0 aliphatic heterocycles. The van der Waals surface area contributed by atoms with Gasteiger partial charge in [-0.25, -0.2) is 0 Å². The Balaban J connectivity index is 0.973. The van der Waals surface area contributed by atoms with Crippen molar-refractivity contribution in [2.75, 3.05) is 0 Å². The van der Waals surface area contributed by atoms with E-state index in [-0.39, 0.29) is 40.0 Å². The van der Waals surface area contributed by atoms with Gasteiger partial charge < -0.3 is 28.8 Å². The number of fused-ring (bicyclic) bond motifs is 6. The second kappa shape index (κ2) is 19.0. The highest BCUT2D eigenvalue weighted by molar-refractivity contribution is 6.11. The predicted molar refractivity (Wildman–Crippen MR) is 320 cm³/mol. The van der Waals surface area contributed by atoms with Gasteiger partial charge in [-0.3, -0.25) is 0 Å². The van der Waals surface area contributed by atoms with Gasteiger partial charge >= 0.3 is 0 Å². The highest BCUT2D eigenvalue weighted by Crippen LogP contribution is 2.47. The van der Waals surface area contributed by atoms with E-state index in [2.05, 4.69) is 241 Å². The first-order chi connectivity index (χ1) is 35.7. The van der Waals surface area contributed by atoms with Crippen LogP contribution in [0.3, 0.4) is 0 Å². The number of rotatable bonds is 10. The quantitative estimate of drug-likeness (QED) is 0.143.